The molecular weight excluding hydrogens is 432 g/mol. The van der Waals surface area contributed by atoms with Crippen LogP contribution in [0.4, 0.5) is 0 Å². The van der Waals surface area contributed by atoms with Crippen LogP contribution >= 0.6 is 22.9 Å². The first kappa shape index (κ1) is 21.3. The number of carbonyl (C=O) groups excluding carboxylic acids is 2. The molecule has 2 aromatic heterocycles. The van der Waals surface area contributed by atoms with Gasteiger partial charge in [0.25, 0.3) is 0 Å². The van der Waals surface area contributed by atoms with E-state index in [1.807, 2.05) is 30.3 Å². The maximum absolute atomic E-state index is 12.5. The van der Waals surface area contributed by atoms with E-state index < -0.39 is 0 Å². The van der Waals surface area contributed by atoms with E-state index in [0.29, 0.717) is 23.7 Å². The Balaban J connectivity index is 1.43. The van der Waals surface area contributed by atoms with Crippen molar-refractivity contribution >= 4 is 40.7 Å². The van der Waals surface area contributed by atoms with Crippen molar-refractivity contribution in [3.63, 3.8) is 0 Å². The molecule has 0 fully saturated rings. The van der Waals surface area contributed by atoms with Crippen LogP contribution in [0, 0.1) is 0 Å². The molecule has 1 unspecified atom stereocenters. The molecule has 0 bridgehead atoms. The number of hydrogen-bond acceptors (Lipinski definition) is 5. The molecule has 1 aliphatic rings. The largest absolute Gasteiger partial charge is 0.486 e. The van der Waals surface area contributed by atoms with Crippen LogP contribution in [0.25, 0.3) is 16.5 Å². The van der Waals surface area contributed by atoms with Gasteiger partial charge in [0.05, 0.1) is 16.4 Å². The molecule has 3 heterocycles. The maximum atomic E-state index is 12.5. The number of likely N-dealkylation sites (N-methyl/N-ethyl adjacent to an activating group) is 1. The highest BCUT2D eigenvalue weighted by atomic mass is 35.5. The van der Waals surface area contributed by atoms with Crippen LogP contribution < -0.4 is 4.74 Å². The van der Waals surface area contributed by atoms with Crippen LogP contribution in [0.3, 0.4) is 0 Å². The van der Waals surface area contributed by atoms with E-state index in [9.17, 15) is 9.59 Å². The average molecular weight is 453 g/mol. The topological polar surface area (TPSA) is 59.5 Å². The predicted molar refractivity (Wildman–Crippen MR) is 124 cm³/mol. The fraction of sp³-hybridized carbons (Fsp3) is 0.208. The lowest BCUT2D eigenvalue weighted by molar-refractivity contribution is -0.125. The molecule has 4 rings (SSSR count). The van der Waals surface area contributed by atoms with Gasteiger partial charge >= 0.3 is 0 Å². The molecule has 1 aromatic carbocycles. The van der Waals surface area contributed by atoms with Crippen molar-refractivity contribution in [2.75, 3.05) is 13.6 Å². The Labute approximate surface area is 189 Å². The average Bonchev–Trinajstić information content (AvgIpc) is 3.40. The van der Waals surface area contributed by atoms with Gasteiger partial charge in [0.15, 0.2) is 5.78 Å². The number of pyridine rings is 1. The minimum Gasteiger partial charge on any atom is -0.486 e. The third kappa shape index (κ3) is 4.86. The summed E-state index contributed by atoms with van der Waals surface area (Å²) in [5, 5.41) is 0.540. The first-order chi connectivity index (χ1) is 14.9. The number of hydrogen-bond donors (Lipinski definition) is 0. The molecule has 0 N–H and O–H groups in total. The number of amides is 1. The van der Waals surface area contributed by atoms with E-state index in [2.05, 4.69) is 11.1 Å². The second-order valence-corrected chi connectivity index (χ2v) is 8.94. The second-order valence-electron chi connectivity index (χ2n) is 7.45. The lowest BCUT2D eigenvalue weighted by Gasteiger charge is -2.19. The zero-order valence-electron chi connectivity index (χ0n) is 17.2. The van der Waals surface area contributed by atoms with E-state index in [-0.39, 0.29) is 17.8 Å². The molecule has 1 aliphatic heterocycles. The minimum absolute atomic E-state index is 0.0529. The van der Waals surface area contributed by atoms with E-state index in [4.69, 9.17) is 16.3 Å². The van der Waals surface area contributed by atoms with Gasteiger partial charge in [0, 0.05) is 42.4 Å². The highest BCUT2D eigenvalue weighted by molar-refractivity contribution is 7.17. The number of halogens is 1. The Hall–Kier alpha value is -2.96. The monoisotopic (exact) mass is 452 g/mol. The van der Waals surface area contributed by atoms with Crippen molar-refractivity contribution in [3.8, 4) is 16.2 Å². The molecule has 1 atom stereocenters. The number of carbonyl (C=O) groups is 2. The van der Waals surface area contributed by atoms with Gasteiger partial charge in [-0.15, -0.1) is 11.3 Å². The lowest BCUT2D eigenvalue weighted by atomic mass is 10.1. The quantitative estimate of drug-likeness (QED) is 0.383. The van der Waals surface area contributed by atoms with Gasteiger partial charge in [0.1, 0.15) is 11.9 Å². The van der Waals surface area contributed by atoms with Crippen LogP contribution in [0.15, 0.2) is 54.9 Å². The number of nitrogens with zero attached hydrogens (tertiary/aromatic N) is 2. The fourth-order valence-corrected chi connectivity index (χ4v) is 4.65. The smallest absolute Gasteiger partial charge is 0.246 e. The maximum Gasteiger partial charge on any atom is 0.246 e. The number of ether oxygens (including phenoxy) is 1. The molecular formula is C24H21ClN2O3S. The van der Waals surface area contributed by atoms with E-state index >= 15 is 0 Å². The van der Waals surface area contributed by atoms with Gasteiger partial charge in [-0.3, -0.25) is 14.6 Å². The molecule has 0 saturated heterocycles. The first-order valence-electron chi connectivity index (χ1n) is 9.84. The minimum atomic E-state index is -0.167. The van der Waals surface area contributed by atoms with Crippen LogP contribution in [0.2, 0.25) is 5.02 Å². The van der Waals surface area contributed by atoms with Crippen molar-refractivity contribution < 1.29 is 14.3 Å². The highest BCUT2D eigenvalue weighted by Gasteiger charge is 2.28. The first-order valence-corrected chi connectivity index (χ1v) is 11.0. The standard InChI is InChI=1S/C24H21ClN2O3S/c1-15(28)21-6-7-22(31-21)17-10-18-11-19(30-24(18)20(25)12-17)14-27(2)23(29)8-5-16-4-3-9-26-13-16/h3-10,12-13,19H,11,14H2,1-2H3. The summed E-state index contributed by atoms with van der Waals surface area (Å²) < 4.78 is 6.04. The molecule has 0 aliphatic carbocycles. The molecule has 7 heteroatoms. The van der Waals surface area contributed by atoms with Gasteiger partial charge in [-0.25, -0.2) is 0 Å². The summed E-state index contributed by atoms with van der Waals surface area (Å²) >= 11 is 7.94. The van der Waals surface area contributed by atoms with Crippen molar-refractivity contribution in [1.82, 2.24) is 9.88 Å². The summed E-state index contributed by atoms with van der Waals surface area (Å²) in [4.78, 5) is 31.4. The zero-order chi connectivity index (χ0) is 22.0. The van der Waals surface area contributed by atoms with Crippen LogP contribution in [-0.4, -0.2) is 41.3 Å². The van der Waals surface area contributed by atoms with Crippen molar-refractivity contribution in [2.45, 2.75) is 19.4 Å². The molecule has 0 radical (unpaired) electrons. The molecule has 1 amide bonds. The number of rotatable bonds is 6. The third-order valence-electron chi connectivity index (χ3n) is 5.05. The summed E-state index contributed by atoms with van der Waals surface area (Å²) in [5.74, 6) is 0.619. The molecule has 5 nitrogen and oxygen atoms in total. The van der Waals surface area contributed by atoms with Crippen LogP contribution in [-0.2, 0) is 11.2 Å². The van der Waals surface area contributed by atoms with Crippen LogP contribution in [0.1, 0.15) is 27.7 Å². The number of aromatic nitrogens is 1. The van der Waals surface area contributed by atoms with Gasteiger partial charge in [-0.2, -0.15) is 0 Å². The molecule has 158 valence electrons. The molecule has 3 aromatic rings. The number of fused-ring (bicyclic) bond motifs is 1. The van der Waals surface area contributed by atoms with Gasteiger partial charge in [-0.1, -0.05) is 17.7 Å². The second kappa shape index (κ2) is 9.04. The lowest BCUT2D eigenvalue weighted by Crippen LogP contribution is -2.35. The summed E-state index contributed by atoms with van der Waals surface area (Å²) in [6.07, 6.45) is 7.17. The Bertz CT molecular complexity index is 1160. The SMILES string of the molecule is CC(=O)c1ccc(-c2cc(Cl)c3c(c2)CC(CN(C)C(=O)C=Cc2cccnc2)O3)s1. The van der Waals surface area contributed by atoms with E-state index in [0.717, 1.165) is 26.4 Å². The Morgan fingerprint density at radius 2 is 2.16 bits per heavy atom. The van der Waals surface area contributed by atoms with Gasteiger partial charge in [-0.05, 0) is 54.5 Å². The number of thiophene rings is 1. The van der Waals surface area contributed by atoms with Gasteiger partial charge in [0.2, 0.25) is 5.91 Å². The fourth-order valence-electron chi connectivity index (χ4n) is 3.48. The number of ketones is 1. The normalized spacial score (nSPS) is 15.0. The zero-order valence-corrected chi connectivity index (χ0v) is 18.7. The van der Waals surface area contributed by atoms with E-state index in [1.54, 1.807) is 37.3 Å². The number of benzene rings is 1. The summed E-state index contributed by atoms with van der Waals surface area (Å²) in [6.45, 7) is 2.01. The van der Waals surface area contributed by atoms with Crippen molar-refractivity contribution in [2.24, 2.45) is 0 Å². The van der Waals surface area contributed by atoms with E-state index in [1.165, 1.54) is 17.4 Å². The Kier molecular flexibility index (Phi) is 6.20. The van der Waals surface area contributed by atoms with Gasteiger partial charge < -0.3 is 9.64 Å². The molecule has 0 spiro atoms. The molecule has 31 heavy (non-hydrogen) atoms. The Morgan fingerprint density at radius 3 is 2.87 bits per heavy atom. The summed E-state index contributed by atoms with van der Waals surface area (Å²) in [7, 11) is 1.75. The van der Waals surface area contributed by atoms with Crippen molar-refractivity contribution in [3.05, 3.63) is 75.9 Å². The predicted octanol–water partition coefficient (Wildman–Crippen LogP) is 5.14. The summed E-state index contributed by atoms with van der Waals surface area (Å²) in [6, 6.07) is 11.4. The third-order valence-corrected chi connectivity index (χ3v) is 6.56. The Morgan fingerprint density at radius 1 is 1.32 bits per heavy atom. The highest BCUT2D eigenvalue weighted by Crippen LogP contribution is 2.41. The summed E-state index contributed by atoms with van der Waals surface area (Å²) in [5.41, 5.74) is 2.85. The van der Waals surface area contributed by atoms with Crippen molar-refractivity contribution in [1.29, 1.82) is 0 Å². The van der Waals surface area contributed by atoms with Crippen LogP contribution in [0.5, 0.6) is 5.75 Å². The molecule has 0 saturated carbocycles. The number of Topliss-reactive ketones (excluding diaryl/α,β-unsaturated/α-hetero) is 1.